The van der Waals surface area contributed by atoms with Gasteiger partial charge in [0.2, 0.25) is 5.95 Å². The second-order valence-electron chi connectivity index (χ2n) is 3.88. The lowest BCUT2D eigenvalue weighted by molar-refractivity contribution is 0.108. The predicted molar refractivity (Wildman–Crippen MR) is 58.8 cm³/mol. The largest absolute Gasteiger partial charge is 0.378 e. The van der Waals surface area contributed by atoms with Gasteiger partial charge in [0.1, 0.15) is 11.8 Å². The molecule has 1 aliphatic heterocycles. The Hall–Kier alpha value is -1.67. The van der Waals surface area contributed by atoms with E-state index in [1.165, 1.54) is 0 Å². The lowest BCUT2D eigenvalue weighted by Crippen LogP contribution is -2.21. The Kier molecular flexibility index (Phi) is 3.32. The normalized spacial score (nSPS) is 24.0. The Morgan fingerprint density at radius 3 is 3.25 bits per heavy atom. The number of anilines is 1. The fraction of sp³-hybridized carbons (Fsp3) is 0.545. The van der Waals surface area contributed by atoms with Crippen LogP contribution in [-0.4, -0.2) is 29.2 Å². The molecule has 1 saturated heterocycles. The summed E-state index contributed by atoms with van der Waals surface area (Å²) in [5.41, 5.74) is 0.383. The summed E-state index contributed by atoms with van der Waals surface area (Å²) in [6.45, 7) is 3.69. The Morgan fingerprint density at radius 2 is 2.56 bits per heavy atom. The average molecular weight is 218 g/mol. The van der Waals surface area contributed by atoms with E-state index < -0.39 is 0 Å². The van der Waals surface area contributed by atoms with Crippen LogP contribution in [0.4, 0.5) is 5.95 Å². The number of nitrogens with zero attached hydrogens (tertiary/aromatic N) is 3. The maximum atomic E-state index is 8.70. The molecule has 2 unspecified atom stereocenters. The molecular weight excluding hydrogens is 204 g/mol. The Bertz CT molecular complexity index is 401. The van der Waals surface area contributed by atoms with Crippen LogP contribution in [0.5, 0.6) is 0 Å². The van der Waals surface area contributed by atoms with Crippen molar-refractivity contribution in [2.45, 2.75) is 19.4 Å². The highest BCUT2D eigenvalue weighted by Gasteiger charge is 2.23. The number of hydrogen-bond acceptors (Lipinski definition) is 5. The molecule has 0 radical (unpaired) electrons. The first-order chi connectivity index (χ1) is 7.79. The molecule has 84 valence electrons. The third-order valence-electron chi connectivity index (χ3n) is 2.83. The average Bonchev–Trinajstić information content (AvgIpc) is 2.72. The van der Waals surface area contributed by atoms with Crippen LogP contribution in [0.2, 0.25) is 0 Å². The number of nitrogens with one attached hydrogen (secondary N) is 1. The minimum Gasteiger partial charge on any atom is -0.378 e. The highest BCUT2D eigenvalue weighted by Crippen LogP contribution is 2.20. The summed E-state index contributed by atoms with van der Waals surface area (Å²) in [4.78, 5) is 8.11. The summed E-state index contributed by atoms with van der Waals surface area (Å²) in [5, 5.41) is 11.8. The Labute approximate surface area is 94.5 Å². The van der Waals surface area contributed by atoms with E-state index in [1.54, 1.807) is 12.3 Å². The van der Waals surface area contributed by atoms with Crippen molar-refractivity contribution in [3.63, 3.8) is 0 Å². The monoisotopic (exact) mass is 218 g/mol. The van der Waals surface area contributed by atoms with Gasteiger partial charge < -0.3 is 10.1 Å². The Morgan fingerprint density at radius 1 is 1.69 bits per heavy atom. The summed E-state index contributed by atoms with van der Waals surface area (Å²) in [5.74, 6) is 1.01. The lowest BCUT2D eigenvalue weighted by atomic mass is 10.0. The second kappa shape index (κ2) is 4.90. The molecule has 2 rings (SSSR count). The van der Waals surface area contributed by atoms with E-state index in [4.69, 9.17) is 10.00 Å². The summed E-state index contributed by atoms with van der Waals surface area (Å²) in [6.07, 6.45) is 2.93. The zero-order valence-electron chi connectivity index (χ0n) is 9.18. The third kappa shape index (κ3) is 2.47. The summed E-state index contributed by atoms with van der Waals surface area (Å²) >= 11 is 0. The topological polar surface area (TPSA) is 70.8 Å². The maximum absolute atomic E-state index is 8.70. The van der Waals surface area contributed by atoms with Gasteiger partial charge in [-0.3, -0.25) is 0 Å². The molecule has 0 aliphatic carbocycles. The van der Waals surface area contributed by atoms with E-state index in [2.05, 4.69) is 22.2 Å². The molecule has 2 heterocycles. The van der Waals surface area contributed by atoms with E-state index >= 15 is 0 Å². The van der Waals surface area contributed by atoms with Crippen LogP contribution in [0.15, 0.2) is 12.3 Å². The van der Waals surface area contributed by atoms with Crippen molar-refractivity contribution in [3.8, 4) is 6.07 Å². The summed E-state index contributed by atoms with van der Waals surface area (Å²) in [7, 11) is 0. The number of ether oxygens (including phenoxy) is 1. The highest BCUT2D eigenvalue weighted by atomic mass is 16.5. The highest BCUT2D eigenvalue weighted by molar-refractivity contribution is 5.30. The van der Waals surface area contributed by atoms with Crippen molar-refractivity contribution in [1.82, 2.24) is 9.97 Å². The van der Waals surface area contributed by atoms with Gasteiger partial charge in [-0.05, 0) is 19.4 Å². The molecule has 0 spiro atoms. The molecule has 1 fully saturated rings. The van der Waals surface area contributed by atoms with Crippen molar-refractivity contribution >= 4 is 5.95 Å². The van der Waals surface area contributed by atoms with Gasteiger partial charge in [-0.15, -0.1) is 0 Å². The molecular formula is C11H14N4O. The van der Waals surface area contributed by atoms with Crippen LogP contribution in [0.25, 0.3) is 0 Å². The summed E-state index contributed by atoms with van der Waals surface area (Å²) < 4.78 is 5.47. The van der Waals surface area contributed by atoms with Crippen LogP contribution in [0.3, 0.4) is 0 Å². The van der Waals surface area contributed by atoms with Gasteiger partial charge in [0.15, 0.2) is 0 Å². The van der Waals surface area contributed by atoms with Crippen LogP contribution in [-0.2, 0) is 4.74 Å². The molecule has 5 heteroatoms. The van der Waals surface area contributed by atoms with Gasteiger partial charge >= 0.3 is 0 Å². The molecule has 0 bridgehead atoms. The van der Waals surface area contributed by atoms with Crippen molar-refractivity contribution in [1.29, 1.82) is 5.26 Å². The van der Waals surface area contributed by atoms with Gasteiger partial charge in [-0.2, -0.15) is 5.26 Å². The maximum Gasteiger partial charge on any atom is 0.223 e. The van der Waals surface area contributed by atoms with Crippen LogP contribution in [0, 0.1) is 17.2 Å². The van der Waals surface area contributed by atoms with Crippen molar-refractivity contribution in [3.05, 3.63) is 18.0 Å². The van der Waals surface area contributed by atoms with Crippen LogP contribution < -0.4 is 5.32 Å². The first-order valence-electron chi connectivity index (χ1n) is 5.38. The smallest absolute Gasteiger partial charge is 0.223 e. The summed E-state index contributed by atoms with van der Waals surface area (Å²) in [6, 6.07) is 3.58. The molecule has 1 aromatic heterocycles. The van der Waals surface area contributed by atoms with E-state index in [-0.39, 0.29) is 6.10 Å². The number of aromatic nitrogens is 2. The number of nitriles is 1. The van der Waals surface area contributed by atoms with E-state index in [9.17, 15) is 0 Å². The molecule has 2 atom stereocenters. The van der Waals surface area contributed by atoms with E-state index in [0.717, 1.165) is 19.6 Å². The van der Waals surface area contributed by atoms with Gasteiger partial charge in [0.25, 0.3) is 0 Å². The van der Waals surface area contributed by atoms with Gasteiger partial charge in [-0.25, -0.2) is 9.97 Å². The van der Waals surface area contributed by atoms with Gasteiger partial charge in [-0.1, -0.05) is 0 Å². The second-order valence-corrected chi connectivity index (χ2v) is 3.88. The minimum atomic E-state index is 0.284. The predicted octanol–water partition coefficient (Wildman–Crippen LogP) is 1.19. The van der Waals surface area contributed by atoms with E-state index in [1.807, 2.05) is 6.07 Å². The molecule has 0 saturated carbocycles. The van der Waals surface area contributed by atoms with Crippen LogP contribution >= 0.6 is 0 Å². The molecule has 1 N–H and O–H groups in total. The fourth-order valence-electron chi connectivity index (χ4n) is 1.77. The third-order valence-corrected chi connectivity index (χ3v) is 2.83. The molecule has 0 aromatic carbocycles. The minimum absolute atomic E-state index is 0.284. The zero-order valence-corrected chi connectivity index (χ0v) is 9.18. The van der Waals surface area contributed by atoms with Crippen molar-refractivity contribution < 1.29 is 4.74 Å². The SMILES string of the molecule is CC1OCCC1CNc1nccc(C#N)n1. The molecule has 5 nitrogen and oxygen atoms in total. The zero-order chi connectivity index (χ0) is 11.4. The fourth-order valence-corrected chi connectivity index (χ4v) is 1.77. The van der Waals surface area contributed by atoms with Gasteiger partial charge in [0.05, 0.1) is 6.10 Å². The first-order valence-corrected chi connectivity index (χ1v) is 5.38. The van der Waals surface area contributed by atoms with E-state index in [0.29, 0.717) is 17.6 Å². The molecule has 1 aromatic rings. The van der Waals surface area contributed by atoms with Crippen LogP contribution in [0.1, 0.15) is 19.0 Å². The Balaban J connectivity index is 1.92. The standard InChI is InChI=1S/C11H14N4O/c1-8-9(3-5-16-8)7-14-11-13-4-2-10(6-12)15-11/h2,4,8-9H,3,5,7H2,1H3,(H,13,14,15). The molecule has 16 heavy (non-hydrogen) atoms. The number of hydrogen-bond donors (Lipinski definition) is 1. The lowest BCUT2D eigenvalue weighted by Gasteiger charge is -2.14. The van der Waals surface area contributed by atoms with Crippen molar-refractivity contribution in [2.75, 3.05) is 18.5 Å². The number of rotatable bonds is 3. The molecule has 1 aliphatic rings. The van der Waals surface area contributed by atoms with Gasteiger partial charge in [0, 0.05) is 25.3 Å². The van der Waals surface area contributed by atoms with Crippen molar-refractivity contribution in [2.24, 2.45) is 5.92 Å². The molecule has 0 amide bonds. The first kappa shape index (κ1) is 10.8. The quantitative estimate of drug-likeness (QED) is 0.825.